The van der Waals surface area contributed by atoms with Gasteiger partial charge in [-0.25, -0.2) is 4.98 Å². The number of fused-ring (bicyclic) bond motifs is 2. The number of carbonyl (C=O) groups is 2. The van der Waals surface area contributed by atoms with Crippen molar-refractivity contribution in [3.05, 3.63) is 95.1 Å². The van der Waals surface area contributed by atoms with Crippen LogP contribution in [-0.4, -0.2) is 23.3 Å². The molecular formula is C32H29NO5. The molecule has 6 heteroatoms. The van der Waals surface area contributed by atoms with E-state index in [0.717, 1.165) is 27.7 Å². The molecule has 0 amide bonds. The Balaban J connectivity index is 1.70. The van der Waals surface area contributed by atoms with Crippen LogP contribution in [0.25, 0.3) is 33.3 Å². The van der Waals surface area contributed by atoms with Crippen molar-refractivity contribution in [3.63, 3.8) is 0 Å². The first-order valence-corrected chi connectivity index (χ1v) is 12.7. The lowest BCUT2D eigenvalue weighted by Crippen LogP contribution is -2.13. The first kappa shape index (κ1) is 25.2. The number of furan rings is 1. The molecule has 5 rings (SSSR count). The van der Waals surface area contributed by atoms with Crippen LogP contribution in [0.15, 0.2) is 77.2 Å². The Morgan fingerprint density at radius 1 is 0.974 bits per heavy atom. The summed E-state index contributed by atoms with van der Waals surface area (Å²) < 4.78 is 17.7. The molecule has 5 aromatic rings. The second-order valence-electron chi connectivity index (χ2n) is 9.29. The number of ether oxygens (including phenoxy) is 2. The lowest BCUT2D eigenvalue weighted by molar-refractivity contribution is -0.141. The Hall–Kier alpha value is -4.45. The molecule has 3 aromatic carbocycles. The lowest BCUT2D eigenvalue weighted by atomic mass is 9.97. The molecule has 0 spiro atoms. The molecule has 0 saturated heterocycles. The van der Waals surface area contributed by atoms with Gasteiger partial charge >= 0.3 is 5.97 Å². The summed E-state index contributed by atoms with van der Waals surface area (Å²) in [5.41, 5.74) is 5.04. The number of aromatic nitrogens is 1. The van der Waals surface area contributed by atoms with E-state index in [0.29, 0.717) is 33.7 Å². The number of pyridine rings is 1. The number of para-hydroxylation sites is 1. The minimum absolute atomic E-state index is 0.203. The van der Waals surface area contributed by atoms with Crippen molar-refractivity contribution in [1.29, 1.82) is 0 Å². The van der Waals surface area contributed by atoms with Gasteiger partial charge in [0.25, 0.3) is 0 Å². The molecule has 2 heterocycles. The summed E-state index contributed by atoms with van der Waals surface area (Å²) in [6.45, 7) is 7.79. The van der Waals surface area contributed by atoms with Gasteiger partial charge in [0.05, 0.1) is 17.5 Å². The Morgan fingerprint density at radius 3 is 2.45 bits per heavy atom. The fourth-order valence-electron chi connectivity index (χ4n) is 4.72. The zero-order valence-electron chi connectivity index (χ0n) is 21.9. The van der Waals surface area contributed by atoms with Crippen molar-refractivity contribution >= 4 is 33.6 Å². The summed E-state index contributed by atoms with van der Waals surface area (Å²) in [6.07, 6.45) is -0.653. The molecule has 0 aliphatic carbocycles. The van der Waals surface area contributed by atoms with Crippen LogP contribution in [0.3, 0.4) is 0 Å². The molecule has 0 unspecified atom stereocenters. The minimum Gasteiger partial charge on any atom is -0.485 e. The fourth-order valence-corrected chi connectivity index (χ4v) is 4.72. The highest BCUT2D eigenvalue weighted by Gasteiger charge is 2.24. The van der Waals surface area contributed by atoms with Crippen LogP contribution in [0.5, 0.6) is 5.75 Å². The number of carbonyl (C=O) groups excluding carboxylic acids is 2. The Kier molecular flexibility index (Phi) is 6.97. The van der Waals surface area contributed by atoms with E-state index < -0.39 is 5.97 Å². The Morgan fingerprint density at radius 2 is 1.71 bits per heavy atom. The van der Waals surface area contributed by atoms with Crippen molar-refractivity contribution in [2.24, 2.45) is 0 Å². The van der Waals surface area contributed by atoms with E-state index >= 15 is 0 Å². The number of rotatable bonds is 8. The number of ketones is 1. The highest BCUT2D eigenvalue weighted by Crippen LogP contribution is 2.38. The topological polar surface area (TPSA) is 78.6 Å². The van der Waals surface area contributed by atoms with Crippen molar-refractivity contribution in [3.8, 4) is 17.2 Å². The molecule has 0 aliphatic rings. The lowest BCUT2D eigenvalue weighted by Gasteiger charge is -2.19. The molecular weight excluding hydrogens is 478 g/mol. The normalized spacial score (nSPS) is 12.0. The summed E-state index contributed by atoms with van der Waals surface area (Å²) in [4.78, 5) is 30.8. The van der Waals surface area contributed by atoms with Crippen LogP contribution in [0, 0.1) is 13.8 Å². The molecule has 6 nitrogen and oxygen atoms in total. The monoisotopic (exact) mass is 507 g/mol. The summed E-state index contributed by atoms with van der Waals surface area (Å²) in [5.74, 6) is 0.168. The van der Waals surface area contributed by atoms with Crippen molar-refractivity contribution in [1.82, 2.24) is 4.98 Å². The van der Waals surface area contributed by atoms with Crippen molar-refractivity contribution < 1.29 is 23.5 Å². The number of hydrogen-bond donors (Lipinski definition) is 0. The molecule has 0 bridgehead atoms. The van der Waals surface area contributed by atoms with E-state index in [2.05, 4.69) is 0 Å². The fraction of sp³-hybridized carbons (Fsp3) is 0.219. The molecule has 0 N–H and O–H groups in total. The van der Waals surface area contributed by atoms with Crippen LogP contribution in [0.2, 0.25) is 0 Å². The molecule has 38 heavy (non-hydrogen) atoms. The van der Waals surface area contributed by atoms with Gasteiger partial charge in [-0.1, -0.05) is 54.6 Å². The smallest absolute Gasteiger partial charge is 0.313 e. The third kappa shape index (κ3) is 4.77. The second-order valence-corrected chi connectivity index (χ2v) is 9.29. The molecule has 0 fully saturated rings. The summed E-state index contributed by atoms with van der Waals surface area (Å²) in [6, 6.07) is 23.1. The number of Topliss-reactive ketones (excluding diaryl/α,β-unsaturated/α-hetero) is 1. The maximum atomic E-state index is 13.6. The van der Waals surface area contributed by atoms with Gasteiger partial charge in [-0.3, -0.25) is 9.59 Å². The maximum absolute atomic E-state index is 13.6. The van der Waals surface area contributed by atoms with E-state index in [9.17, 15) is 9.59 Å². The average molecular weight is 508 g/mol. The van der Waals surface area contributed by atoms with Gasteiger partial charge in [-0.15, -0.1) is 0 Å². The molecule has 0 radical (unpaired) electrons. The molecule has 0 aliphatic heterocycles. The Bertz CT molecular complexity index is 1650. The standard InChI is InChI=1S/C32H29NO5/c1-5-36-29(35)18-26(34)24-17-25(32-20(3)23-13-9-10-14-27(23)38-32)33-31-19(2)15-16-28(30(24)31)37-21(4)22-11-7-6-8-12-22/h6-17,21H,5,18H2,1-4H3/t21-/m1/s1. The first-order chi connectivity index (χ1) is 18.4. The van der Waals surface area contributed by atoms with Crippen LogP contribution in [0.4, 0.5) is 0 Å². The summed E-state index contributed by atoms with van der Waals surface area (Å²) in [7, 11) is 0. The maximum Gasteiger partial charge on any atom is 0.313 e. The van der Waals surface area contributed by atoms with Crippen LogP contribution >= 0.6 is 0 Å². The van der Waals surface area contributed by atoms with Gasteiger partial charge in [0.2, 0.25) is 0 Å². The van der Waals surface area contributed by atoms with Crippen LogP contribution in [0.1, 0.15) is 53.4 Å². The van der Waals surface area contributed by atoms with Gasteiger partial charge < -0.3 is 13.9 Å². The number of hydrogen-bond acceptors (Lipinski definition) is 6. The van der Waals surface area contributed by atoms with Crippen LogP contribution < -0.4 is 4.74 Å². The SMILES string of the molecule is CCOC(=O)CC(=O)c1cc(-c2oc3ccccc3c2C)nc2c(C)ccc(O[C@H](C)c3ccccc3)c12. The number of nitrogens with zero attached hydrogens (tertiary/aromatic N) is 1. The van der Waals surface area contributed by atoms with Gasteiger partial charge in [0.1, 0.15) is 29.6 Å². The third-order valence-electron chi connectivity index (χ3n) is 6.68. The largest absolute Gasteiger partial charge is 0.485 e. The Labute approximate surface area is 221 Å². The predicted octanol–water partition coefficient (Wildman–Crippen LogP) is 7.54. The number of aryl methyl sites for hydroxylation is 2. The molecule has 2 aromatic heterocycles. The summed E-state index contributed by atoms with van der Waals surface area (Å²) in [5, 5.41) is 1.55. The molecule has 1 atom stereocenters. The quantitative estimate of drug-likeness (QED) is 0.123. The van der Waals surface area contributed by atoms with Crippen molar-refractivity contribution in [2.45, 2.75) is 40.2 Å². The highest BCUT2D eigenvalue weighted by atomic mass is 16.5. The van der Waals surface area contributed by atoms with E-state index in [1.54, 1.807) is 13.0 Å². The van der Waals surface area contributed by atoms with Gasteiger partial charge in [-0.2, -0.15) is 0 Å². The molecule has 192 valence electrons. The van der Waals surface area contributed by atoms with E-state index in [-0.39, 0.29) is 24.9 Å². The van der Waals surface area contributed by atoms with E-state index in [4.69, 9.17) is 18.9 Å². The zero-order chi connectivity index (χ0) is 26.8. The van der Waals surface area contributed by atoms with Gasteiger partial charge in [0.15, 0.2) is 11.5 Å². The number of esters is 1. The zero-order valence-corrected chi connectivity index (χ0v) is 21.9. The van der Waals surface area contributed by atoms with E-state index in [1.807, 2.05) is 87.5 Å². The van der Waals surface area contributed by atoms with Gasteiger partial charge in [-0.05, 0) is 57.0 Å². The van der Waals surface area contributed by atoms with E-state index in [1.165, 1.54) is 0 Å². The molecule has 0 saturated carbocycles. The van der Waals surface area contributed by atoms with Crippen molar-refractivity contribution in [2.75, 3.05) is 6.61 Å². The minimum atomic E-state index is -0.572. The third-order valence-corrected chi connectivity index (χ3v) is 6.68. The first-order valence-electron chi connectivity index (χ1n) is 12.7. The van der Waals surface area contributed by atoms with Gasteiger partial charge in [0, 0.05) is 16.5 Å². The van der Waals surface area contributed by atoms with Crippen LogP contribution in [-0.2, 0) is 9.53 Å². The average Bonchev–Trinajstić information content (AvgIpc) is 3.26. The second kappa shape index (κ2) is 10.5. The highest BCUT2D eigenvalue weighted by molar-refractivity contribution is 6.15. The number of benzene rings is 3. The predicted molar refractivity (Wildman–Crippen MR) is 147 cm³/mol. The summed E-state index contributed by atoms with van der Waals surface area (Å²) >= 11 is 0.